The molecule has 0 aliphatic carbocycles. The Morgan fingerprint density at radius 2 is 0.923 bits per heavy atom. The van der Waals surface area contributed by atoms with Crippen molar-refractivity contribution in [2.75, 3.05) is 13.2 Å². The molecule has 0 aromatic heterocycles. The van der Waals surface area contributed by atoms with Crippen molar-refractivity contribution in [2.24, 2.45) is 0 Å². The number of unbranched alkanes of at least 4 members (excludes halogenated alkanes) is 10. The van der Waals surface area contributed by atoms with Crippen molar-refractivity contribution < 1.29 is 59.0 Å². The molecule has 0 atom stereocenters. The smallest absolute Gasteiger partial charge is 0.339 e. The predicted octanol–water partition coefficient (Wildman–Crippen LogP) is 7.66. The number of aromatic hydroxyl groups is 2. The number of hydrogen-bond acceptors (Lipinski definition) is 6. The van der Waals surface area contributed by atoms with E-state index in [1.807, 2.05) is 0 Å². The Morgan fingerprint density at radius 1 is 0.590 bits per heavy atom. The molecule has 2 aromatic rings. The maximum atomic E-state index is 10.7. The van der Waals surface area contributed by atoms with Crippen molar-refractivity contribution >= 4 is 11.9 Å². The number of aromatic carboxylic acids is 2. The molecule has 0 unspecified atom stereocenters. The first kappa shape index (κ1) is 36.2. The average Bonchev–Trinajstić information content (AvgIpc) is 2.87. The van der Waals surface area contributed by atoms with E-state index in [1.165, 1.54) is 75.6 Å². The summed E-state index contributed by atoms with van der Waals surface area (Å²) in [6.45, 7) is 5.57. The number of carboxylic acid groups (broad SMARTS) is 2. The van der Waals surface area contributed by atoms with Crippen LogP contribution in [0.3, 0.4) is 0 Å². The summed E-state index contributed by atoms with van der Waals surface area (Å²) >= 11 is 0. The van der Waals surface area contributed by atoms with Gasteiger partial charge in [0.05, 0.1) is 13.2 Å². The third-order valence-electron chi connectivity index (χ3n) is 5.93. The number of rotatable bonds is 18. The molecule has 0 saturated carbocycles. The molecule has 2 rings (SSSR count). The van der Waals surface area contributed by atoms with E-state index in [1.54, 1.807) is 12.1 Å². The molecule has 4 N–H and O–H groups in total. The summed E-state index contributed by atoms with van der Waals surface area (Å²) in [6, 6.07) is 8.55. The van der Waals surface area contributed by atoms with Crippen LogP contribution in [0.4, 0.5) is 0 Å². The largest absolute Gasteiger partial charge is 0.507 e. The second-order valence-corrected chi connectivity index (χ2v) is 9.20. The number of hydrogen-bond donors (Lipinski definition) is 4. The molecule has 0 heterocycles. The van der Waals surface area contributed by atoms with E-state index in [0.717, 1.165) is 25.7 Å². The SMILES string of the molecule is CCCCCCCCOc1ccc(C(=O)O)c(O)c1.CCCCCCCCOc1ccc(C(=O)O)c(O)c1.[Zn]. The van der Waals surface area contributed by atoms with Crippen LogP contribution < -0.4 is 9.47 Å². The molecule has 0 amide bonds. The van der Waals surface area contributed by atoms with E-state index in [2.05, 4.69) is 13.8 Å². The number of carbonyl (C=O) groups is 2. The molecular formula is C30H44O8Zn. The van der Waals surface area contributed by atoms with Crippen LogP contribution >= 0.6 is 0 Å². The van der Waals surface area contributed by atoms with Crippen molar-refractivity contribution in [1.29, 1.82) is 0 Å². The van der Waals surface area contributed by atoms with Gasteiger partial charge in [-0.05, 0) is 37.1 Å². The van der Waals surface area contributed by atoms with Crippen LogP contribution in [0.25, 0.3) is 0 Å². The Kier molecular flexibility index (Phi) is 20.5. The summed E-state index contributed by atoms with van der Waals surface area (Å²) in [5, 5.41) is 36.5. The first-order chi connectivity index (χ1) is 18.3. The molecule has 0 aliphatic heterocycles. The van der Waals surface area contributed by atoms with Crippen molar-refractivity contribution in [1.82, 2.24) is 0 Å². The van der Waals surface area contributed by atoms with E-state index in [9.17, 15) is 19.8 Å². The van der Waals surface area contributed by atoms with Crippen molar-refractivity contribution in [3.05, 3.63) is 47.5 Å². The van der Waals surface area contributed by atoms with E-state index >= 15 is 0 Å². The van der Waals surface area contributed by atoms with Gasteiger partial charge >= 0.3 is 11.9 Å². The van der Waals surface area contributed by atoms with Gasteiger partial charge in [-0.2, -0.15) is 0 Å². The Bertz CT molecular complexity index is 886. The fraction of sp³-hybridized carbons (Fsp3) is 0.533. The number of carboxylic acids is 2. The maximum absolute atomic E-state index is 10.7. The molecule has 9 heteroatoms. The van der Waals surface area contributed by atoms with Gasteiger partial charge in [-0.1, -0.05) is 78.1 Å². The van der Waals surface area contributed by atoms with Gasteiger partial charge < -0.3 is 29.9 Å². The van der Waals surface area contributed by atoms with Crippen molar-refractivity contribution in [2.45, 2.75) is 90.9 Å². The summed E-state index contributed by atoms with van der Waals surface area (Å²) in [6.07, 6.45) is 14.3. The van der Waals surface area contributed by atoms with Gasteiger partial charge in [0.15, 0.2) is 0 Å². The normalized spacial score (nSPS) is 10.1. The molecule has 0 spiro atoms. The third kappa shape index (κ3) is 16.0. The number of ether oxygens (including phenoxy) is 2. The molecule has 0 bridgehead atoms. The van der Waals surface area contributed by atoms with Gasteiger partial charge in [-0.25, -0.2) is 9.59 Å². The topological polar surface area (TPSA) is 134 Å². The zero-order valence-electron chi connectivity index (χ0n) is 23.5. The van der Waals surface area contributed by atoms with Crippen LogP contribution in [-0.2, 0) is 19.5 Å². The first-order valence-corrected chi connectivity index (χ1v) is 13.7. The number of benzene rings is 2. The second kappa shape index (κ2) is 22.1. The molecule has 0 aliphatic rings. The van der Waals surface area contributed by atoms with Crippen LogP contribution in [0, 0.1) is 0 Å². The van der Waals surface area contributed by atoms with E-state index in [4.69, 9.17) is 19.7 Å². The minimum absolute atomic E-state index is 0. The minimum atomic E-state index is -1.14. The fourth-order valence-corrected chi connectivity index (χ4v) is 3.71. The van der Waals surface area contributed by atoms with Crippen LogP contribution in [0.1, 0.15) is 112 Å². The Labute approximate surface area is 245 Å². The summed E-state index contributed by atoms with van der Waals surface area (Å²) in [7, 11) is 0. The van der Waals surface area contributed by atoms with Gasteiger partial charge in [-0.15, -0.1) is 0 Å². The first-order valence-electron chi connectivity index (χ1n) is 13.7. The molecule has 2 aromatic carbocycles. The Hall–Kier alpha value is -2.80. The van der Waals surface area contributed by atoms with Crippen molar-refractivity contribution in [3.8, 4) is 23.0 Å². The minimum Gasteiger partial charge on any atom is -0.507 e. The standard InChI is InChI=1S/2C15H22O4.Zn/c2*1-2-3-4-5-6-7-10-19-12-8-9-13(15(17)18)14(16)11-12;/h2*8-9,11,16H,2-7,10H2,1H3,(H,17,18);. The second-order valence-electron chi connectivity index (χ2n) is 9.20. The van der Waals surface area contributed by atoms with E-state index < -0.39 is 11.9 Å². The number of phenols is 2. The molecule has 0 radical (unpaired) electrons. The monoisotopic (exact) mass is 596 g/mol. The molecule has 0 saturated heterocycles. The third-order valence-corrected chi connectivity index (χ3v) is 5.93. The maximum Gasteiger partial charge on any atom is 0.339 e. The van der Waals surface area contributed by atoms with E-state index in [-0.39, 0.29) is 42.1 Å². The van der Waals surface area contributed by atoms with Crippen LogP contribution in [0.15, 0.2) is 36.4 Å². The van der Waals surface area contributed by atoms with Crippen LogP contribution in [0.2, 0.25) is 0 Å². The average molecular weight is 598 g/mol. The molecule has 39 heavy (non-hydrogen) atoms. The van der Waals surface area contributed by atoms with Crippen LogP contribution in [-0.4, -0.2) is 45.6 Å². The van der Waals surface area contributed by atoms with Gasteiger partial charge in [0.2, 0.25) is 0 Å². The van der Waals surface area contributed by atoms with Gasteiger partial charge in [-0.3, -0.25) is 0 Å². The fourth-order valence-electron chi connectivity index (χ4n) is 3.71. The van der Waals surface area contributed by atoms with Crippen molar-refractivity contribution in [3.63, 3.8) is 0 Å². The Balaban J connectivity index is 0.000000722. The zero-order valence-corrected chi connectivity index (χ0v) is 26.5. The molecule has 0 fully saturated rings. The van der Waals surface area contributed by atoms with E-state index in [0.29, 0.717) is 24.7 Å². The molecule has 8 nitrogen and oxygen atoms in total. The van der Waals surface area contributed by atoms with Gasteiger partial charge in [0.1, 0.15) is 34.1 Å². The summed E-state index contributed by atoms with van der Waals surface area (Å²) in [5.74, 6) is -1.77. The van der Waals surface area contributed by atoms with Gasteiger partial charge in [0.25, 0.3) is 0 Å². The summed E-state index contributed by atoms with van der Waals surface area (Å²) < 4.78 is 11.0. The molecule has 214 valence electrons. The van der Waals surface area contributed by atoms with Crippen LogP contribution in [0.5, 0.6) is 23.0 Å². The Morgan fingerprint density at radius 3 is 1.23 bits per heavy atom. The van der Waals surface area contributed by atoms with Gasteiger partial charge in [0, 0.05) is 31.6 Å². The molecular weight excluding hydrogens is 554 g/mol. The summed E-state index contributed by atoms with van der Waals surface area (Å²) in [5.41, 5.74) is -0.209. The predicted molar refractivity (Wildman–Crippen MR) is 148 cm³/mol. The quantitative estimate of drug-likeness (QED) is 0.102. The summed E-state index contributed by atoms with van der Waals surface area (Å²) in [4.78, 5) is 21.4. The zero-order chi connectivity index (χ0) is 28.2.